The number of methoxy groups -OCH3 is 2. The summed E-state index contributed by atoms with van der Waals surface area (Å²) in [5.41, 5.74) is 4.95. The predicted molar refractivity (Wildman–Crippen MR) is 88.4 cm³/mol. The van der Waals surface area contributed by atoms with Gasteiger partial charge in [0.15, 0.2) is 11.5 Å². The van der Waals surface area contributed by atoms with Gasteiger partial charge in [-0.05, 0) is 42.8 Å². The van der Waals surface area contributed by atoms with Crippen molar-refractivity contribution >= 4 is 5.71 Å². The molecule has 6 heteroatoms. The Balaban J connectivity index is 2.07. The largest absolute Gasteiger partial charge is 0.508 e. The van der Waals surface area contributed by atoms with Crippen molar-refractivity contribution < 1.29 is 19.7 Å². The Labute approximate surface area is 135 Å². The molecule has 0 amide bonds. The zero-order valence-electron chi connectivity index (χ0n) is 13.3. The van der Waals surface area contributed by atoms with Crippen LogP contribution in [0, 0.1) is 0 Å². The first-order valence-electron chi connectivity index (χ1n) is 7.05. The molecule has 0 unspecified atom stereocenters. The average molecular weight is 316 g/mol. The maximum Gasteiger partial charge on any atom is 0.161 e. The maximum absolute atomic E-state index is 9.80. The Morgan fingerprint density at radius 3 is 2.48 bits per heavy atom. The lowest BCUT2D eigenvalue weighted by Crippen LogP contribution is -2.09. The van der Waals surface area contributed by atoms with Crippen LogP contribution in [0.25, 0.3) is 0 Å². The molecule has 23 heavy (non-hydrogen) atoms. The van der Waals surface area contributed by atoms with E-state index in [2.05, 4.69) is 10.5 Å². The van der Waals surface area contributed by atoms with E-state index in [-0.39, 0.29) is 11.5 Å². The van der Waals surface area contributed by atoms with E-state index in [9.17, 15) is 10.2 Å². The van der Waals surface area contributed by atoms with Crippen LogP contribution in [0.15, 0.2) is 41.5 Å². The van der Waals surface area contributed by atoms with Gasteiger partial charge in [-0.15, -0.1) is 0 Å². The van der Waals surface area contributed by atoms with Crippen LogP contribution in [0.4, 0.5) is 0 Å². The maximum atomic E-state index is 9.80. The van der Waals surface area contributed by atoms with Gasteiger partial charge in [0.05, 0.1) is 26.5 Å². The van der Waals surface area contributed by atoms with Gasteiger partial charge in [0, 0.05) is 5.56 Å². The average Bonchev–Trinajstić information content (AvgIpc) is 2.56. The van der Waals surface area contributed by atoms with Gasteiger partial charge >= 0.3 is 0 Å². The summed E-state index contributed by atoms with van der Waals surface area (Å²) in [7, 11) is 3.17. The molecule has 0 fully saturated rings. The van der Waals surface area contributed by atoms with Gasteiger partial charge in [0.25, 0.3) is 0 Å². The highest BCUT2D eigenvalue weighted by molar-refractivity contribution is 6.01. The second-order valence-electron chi connectivity index (χ2n) is 4.92. The first-order valence-corrected chi connectivity index (χ1v) is 7.05. The summed E-state index contributed by atoms with van der Waals surface area (Å²) in [4.78, 5) is 0. The van der Waals surface area contributed by atoms with Crippen molar-refractivity contribution in [3.05, 3.63) is 47.5 Å². The first-order chi connectivity index (χ1) is 11.0. The molecule has 0 atom stereocenters. The summed E-state index contributed by atoms with van der Waals surface area (Å²) < 4.78 is 10.4. The smallest absolute Gasteiger partial charge is 0.161 e. The Kier molecular flexibility index (Phi) is 5.30. The first kappa shape index (κ1) is 16.5. The highest BCUT2D eigenvalue weighted by atomic mass is 16.5. The quantitative estimate of drug-likeness (QED) is 0.433. The molecule has 122 valence electrons. The molecule has 0 heterocycles. The van der Waals surface area contributed by atoms with Gasteiger partial charge < -0.3 is 25.1 Å². The van der Waals surface area contributed by atoms with Gasteiger partial charge in [-0.1, -0.05) is 6.07 Å². The molecule has 0 saturated carbocycles. The van der Waals surface area contributed by atoms with Gasteiger partial charge in [-0.2, -0.15) is 5.10 Å². The van der Waals surface area contributed by atoms with Crippen LogP contribution in [0.1, 0.15) is 18.1 Å². The normalized spacial score (nSPS) is 11.2. The summed E-state index contributed by atoms with van der Waals surface area (Å²) in [5.74, 6) is 1.46. The molecule has 0 saturated heterocycles. The lowest BCUT2D eigenvalue weighted by Gasteiger charge is -2.10. The number of phenols is 2. The minimum absolute atomic E-state index is 0.0666. The molecule has 0 spiro atoms. The van der Waals surface area contributed by atoms with Gasteiger partial charge in [-0.3, -0.25) is 0 Å². The number of phenolic OH excluding ortho intramolecular Hbond substituents is 2. The summed E-state index contributed by atoms with van der Waals surface area (Å²) in [6.45, 7) is 2.23. The van der Waals surface area contributed by atoms with Crippen LogP contribution < -0.4 is 14.9 Å². The van der Waals surface area contributed by atoms with Gasteiger partial charge in [0.1, 0.15) is 11.5 Å². The fraction of sp³-hybridized carbons (Fsp3) is 0.235. The van der Waals surface area contributed by atoms with E-state index in [1.165, 1.54) is 18.2 Å². The standard InChI is InChI=1S/C17H20N2O4/c1-11(14-9-13(20)5-6-15(14)21)19-18-10-12-4-7-16(22-2)17(8-12)23-3/h4-9,18,20-21H,10H2,1-3H3/b19-11+. The Bertz CT molecular complexity index is 714. The van der Waals surface area contributed by atoms with Crippen LogP contribution in [0.2, 0.25) is 0 Å². The van der Waals surface area contributed by atoms with E-state index in [1.807, 2.05) is 18.2 Å². The lowest BCUT2D eigenvalue weighted by molar-refractivity contribution is 0.354. The topological polar surface area (TPSA) is 83.3 Å². The third-order valence-corrected chi connectivity index (χ3v) is 3.35. The predicted octanol–water partition coefficient (Wildman–Crippen LogP) is 2.63. The number of hydrogen-bond donors (Lipinski definition) is 3. The number of benzene rings is 2. The van der Waals surface area contributed by atoms with Crippen molar-refractivity contribution in [2.24, 2.45) is 5.10 Å². The summed E-state index contributed by atoms with van der Waals surface area (Å²) in [6.07, 6.45) is 0. The molecular weight excluding hydrogens is 296 g/mol. The van der Waals surface area contributed by atoms with E-state index in [0.29, 0.717) is 29.3 Å². The molecule has 6 nitrogen and oxygen atoms in total. The number of nitrogens with zero attached hydrogens (tertiary/aromatic N) is 1. The summed E-state index contributed by atoms with van der Waals surface area (Å²) in [6, 6.07) is 9.91. The van der Waals surface area contributed by atoms with Crippen molar-refractivity contribution in [2.75, 3.05) is 14.2 Å². The van der Waals surface area contributed by atoms with Crippen LogP contribution >= 0.6 is 0 Å². The molecule has 0 aromatic heterocycles. The van der Waals surface area contributed by atoms with Crippen molar-refractivity contribution in [2.45, 2.75) is 13.5 Å². The molecule has 3 N–H and O–H groups in total. The second-order valence-corrected chi connectivity index (χ2v) is 4.92. The van der Waals surface area contributed by atoms with E-state index in [4.69, 9.17) is 9.47 Å². The molecule has 0 bridgehead atoms. The van der Waals surface area contributed by atoms with E-state index in [0.717, 1.165) is 5.56 Å². The highest BCUT2D eigenvalue weighted by Crippen LogP contribution is 2.27. The van der Waals surface area contributed by atoms with E-state index >= 15 is 0 Å². The second kappa shape index (κ2) is 7.40. The molecular formula is C17H20N2O4. The monoisotopic (exact) mass is 316 g/mol. The van der Waals surface area contributed by atoms with Crippen molar-refractivity contribution in [1.82, 2.24) is 5.43 Å². The SMILES string of the molecule is COc1ccc(CN/N=C(\C)c2cc(O)ccc2O)cc1OC. The fourth-order valence-corrected chi connectivity index (χ4v) is 2.11. The van der Waals surface area contributed by atoms with Crippen LogP contribution in [-0.4, -0.2) is 30.1 Å². The summed E-state index contributed by atoms with van der Waals surface area (Å²) >= 11 is 0. The molecule has 2 aromatic carbocycles. The number of aromatic hydroxyl groups is 2. The summed E-state index contributed by atoms with van der Waals surface area (Å²) in [5, 5.41) is 23.5. The fourth-order valence-electron chi connectivity index (χ4n) is 2.11. The Morgan fingerprint density at radius 2 is 1.78 bits per heavy atom. The third-order valence-electron chi connectivity index (χ3n) is 3.35. The molecule has 0 aliphatic rings. The van der Waals surface area contributed by atoms with E-state index in [1.54, 1.807) is 21.1 Å². The van der Waals surface area contributed by atoms with Crippen molar-refractivity contribution in [3.63, 3.8) is 0 Å². The van der Waals surface area contributed by atoms with Crippen molar-refractivity contribution in [1.29, 1.82) is 0 Å². The number of rotatable bonds is 6. The van der Waals surface area contributed by atoms with Gasteiger partial charge in [0.2, 0.25) is 0 Å². The molecule has 0 aliphatic carbocycles. The Morgan fingerprint density at radius 1 is 1.04 bits per heavy atom. The number of hydrogen-bond acceptors (Lipinski definition) is 6. The zero-order valence-corrected chi connectivity index (χ0v) is 13.3. The number of nitrogens with one attached hydrogen (secondary N) is 1. The van der Waals surface area contributed by atoms with Gasteiger partial charge in [-0.25, -0.2) is 0 Å². The number of ether oxygens (including phenoxy) is 2. The molecule has 2 aromatic rings. The molecule has 0 aliphatic heterocycles. The van der Waals surface area contributed by atoms with Crippen LogP contribution in [0.5, 0.6) is 23.0 Å². The lowest BCUT2D eigenvalue weighted by atomic mass is 10.1. The third kappa shape index (κ3) is 4.06. The number of hydrazone groups is 1. The van der Waals surface area contributed by atoms with Crippen LogP contribution in [0.3, 0.4) is 0 Å². The van der Waals surface area contributed by atoms with E-state index < -0.39 is 0 Å². The van der Waals surface area contributed by atoms with Crippen LogP contribution in [-0.2, 0) is 6.54 Å². The molecule has 2 rings (SSSR count). The Hall–Kier alpha value is -2.89. The minimum Gasteiger partial charge on any atom is -0.508 e. The highest BCUT2D eigenvalue weighted by Gasteiger charge is 2.07. The van der Waals surface area contributed by atoms with Crippen molar-refractivity contribution in [3.8, 4) is 23.0 Å². The minimum atomic E-state index is 0.0666. The molecule has 0 radical (unpaired) electrons. The zero-order chi connectivity index (χ0) is 16.8.